The van der Waals surface area contributed by atoms with Crippen LogP contribution < -0.4 is 0 Å². The Hall–Kier alpha value is 9.94. The van der Waals surface area contributed by atoms with Crippen molar-refractivity contribution in [1.82, 2.24) is 0 Å². The van der Waals surface area contributed by atoms with E-state index in [1.807, 2.05) is 41.5 Å². The first-order chi connectivity index (χ1) is 4.00. The van der Waals surface area contributed by atoms with Crippen LogP contribution in [-0.2, 0) is 294 Å². The molecule has 0 unspecified atom stereocenters. The Kier molecular flexibility index (Phi) is 1260. The monoisotopic (exact) mass is 949 g/mol. The van der Waals surface area contributed by atoms with Crippen molar-refractivity contribution in [1.29, 1.82) is 0 Å². The standard InChI is InChI=1S/3C2H6.C2H5.2CH3.9Y/c4*1-2;;;;;;;;;;;/h3*1-2H3;1H2,2H3;2*1H3;;;;;;;;;/q;;;3*-1;;;;;;;;;. The average Bonchev–Trinajstić information content (AvgIpc) is 2.03. The van der Waals surface area contributed by atoms with Gasteiger partial charge in [0.2, 0.25) is 0 Å². The van der Waals surface area contributed by atoms with Gasteiger partial charge in [-0.25, -0.2) is 0 Å². The van der Waals surface area contributed by atoms with Crippen molar-refractivity contribution < 1.29 is 294 Å². The Morgan fingerprint density at radius 1 is 0.316 bits per heavy atom. The molecule has 0 aromatic rings. The summed E-state index contributed by atoms with van der Waals surface area (Å²) in [5, 5.41) is 0. The Labute approximate surface area is 354 Å². The normalized spacial score (nSPS) is 1.26. The van der Waals surface area contributed by atoms with Gasteiger partial charge in [0.15, 0.2) is 0 Å². The Balaban J connectivity index is -0.000000000724. The molecular formula is C10H29Y9-3. The van der Waals surface area contributed by atoms with E-state index in [1.54, 1.807) is 6.92 Å². The first-order valence-corrected chi connectivity index (χ1v) is 3.71. The molecule has 0 aliphatic heterocycles. The Bertz CT molecular complexity index is 19.0. The van der Waals surface area contributed by atoms with Gasteiger partial charge >= 0.3 is 0 Å². The topological polar surface area (TPSA) is 0 Å². The molecule has 9 radical (unpaired) electrons. The smallest absolute Gasteiger partial charge is 0 e. The van der Waals surface area contributed by atoms with E-state index in [2.05, 4.69) is 6.92 Å². The van der Waals surface area contributed by atoms with Crippen LogP contribution in [0.4, 0.5) is 0 Å². The molecule has 0 nitrogen and oxygen atoms in total. The van der Waals surface area contributed by atoms with Gasteiger partial charge in [0.05, 0.1) is 0 Å². The SMILES string of the molecule is CC.CC.CC.[CH2-]C.[CH3-].[CH3-].[Y].[Y].[Y].[Y].[Y].[Y].[Y].[Y].[Y]. The predicted molar refractivity (Wildman–Crippen MR) is 57.9 cm³/mol. The van der Waals surface area contributed by atoms with Crippen LogP contribution in [0.25, 0.3) is 0 Å². The number of hydrogen-bond acceptors (Lipinski definition) is 0. The molecule has 0 aromatic heterocycles. The summed E-state index contributed by atoms with van der Waals surface area (Å²) in [4.78, 5) is 0. The summed E-state index contributed by atoms with van der Waals surface area (Å²) in [5.41, 5.74) is 0. The van der Waals surface area contributed by atoms with Crippen LogP contribution in [0.5, 0.6) is 0 Å². The summed E-state index contributed by atoms with van der Waals surface area (Å²) in [6, 6.07) is 0. The van der Waals surface area contributed by atoms with Crippen molar-refractivity contribution in [3.05, 3.63) is 21.8 Å². The third-order valence-electron chi connectivity index (χ3n) is 0. The second-order valence-corrected chi connectivity index (χ2v) is 0. The molecule has 0 N–H and O–H groups in total. The van der Waals surface area contributed by atoms with E-state index in [0.29, 0.717) is 0 Å². The fourth-order valence-electron chi connectivity index (χ4n) is 0. The zero-order valence-electron chi connectivity index (χ0n) is 14.9. The number of rotatable bonds is 0. The molecule has 99 valence electrons. The molecule has 0 saturated heterocycles. The summed E-state index contributed by atoms with van der Waals surface area (Å²) in [6.45, 7) is 17.0. The number of hydrogen-bond donors (Lipinski definition) is 0. The molecular weight excluding hydrogens is 920 g/mol. The maximum absolute atomic E-state index is 3.25. The van der Waals surface area contributed by atoms with Crippen LogP contribution in [0.2, 0.25) is 0 Å². The van der Waals surface area contributed by atoms with Gasteiger partial charge in [-0.15, -0.1) is 0 Å². The third kappa shape index (κ3) is 190. The van der Waals surface area contributed by atoms with Crippen molar-refractivity contribution in [3.8, 4) is 0 Å². The molecule has 0 saturated carbocycles. The van der Waals surface area contributed by atoms with E-state index in [9.17, 15) is 0 Å². The largest absolute Gasteiger partial charge is 0.358 e. The van der Waals surface area contributed by atoms with Gasteiger partial charge < -0.3 is 21.8 Å². The van der Waals surface area contributed by atoms with Crippen molar-refractivity contribution >= 4 is 0 Å². The summed E-state index contributed by atoms with van der Waals surface area (Å²) >= 11 is 0. The maximum Gasteiger partial charge on any atom is 0 e. The van der Waals surface area contributed by atoms with Gasteiger partial charge in [-0.05, 0) is 0 Å². The molecule has 0 amide bonds. The second-order valence-electron chi connectivity index (χ2n) is 0. The minimum absolute atomic E-state index is 0. The molecule has 19 heavy (non-hydrogen) atoms. The molecule has 0 aliphatic carbocycles. The van der Waals surface area contributed by atoms with E-state index in [-0.39, 0.29) is 309 Å². The zero-order chi connectivity index (χ0) is 8.00. The van der Waals surface area contributed by atoms with E-state index < -0.39 is 0 Å². The van der Waals surface area contributed by atoms with E-state index in [0.717, 1.165) is 0 Å². The summed E-state index contributed by atoms with van der Waals surface area (Å²) in [7, 11) is 0. The van der Waals surface area contributed by atoms with Gasteiger partial charge in [0.25, 0.3) is 0 Å². The zero-order valence-corrected chi connectivity index (χ0v) is 40.4. The molecule has 0 bridgehead atoms. The third-order valence-corrected chi connectivity index (χ3v) is 0. The Morgan fingerprint density at radius 2 is 0.316 bits per heavy atom. The van der Waals surface area contributed by atoms with Crippen LogP contribution in [-0.4, -0.2) is 0 Å². The second kappa shape index (κ2) is 205. The summed E-state index contributed by atoms with van der Waals surface area (Å²) in [5.74, 6) is 0. The van der Waals surface area contributed by atoms with Crippen LogP contribution in [0.1, 0.15) is 48.5 Å². The molecule has 9 heteroatoms. The Morgan fingerprint density at radius 3 is 0.316 bits per heavy atom. The molecule has 0 aromatic carbocycles. The predicted octanol–water partition coefficient (Wildman–Crippen LogP) is 4.80. The summed E-state index contributed by atoms with van der Waals surface area (Å²) in [6.07, 6.45) is 0. The van der Waals surface area contributed by atoms with Gasteiger partial charge in [-0.1, -0.05) is 41.5 Å². The van der Waals surface area contributed by atoms with Crippen LogP contribution in [0, 0.1) is 21.8 Å². The van der Waals surface area contributed by atoms with Crippen LogP contribution in [0.3, 0.4) is 0 Å². The first-order valence-electron chi connectivity index (χ1n) is 3.71. The van der Waals surface area contributed by atoms with E-state index in [4.69, 9.17) is 0 Å². The van der Waals surface area contributed by atoms with Gasteiger partial charge in [0, 0.05) is 294 Å². The van der Waals surface area contributed by atoms with Gasteiger partial charge in [0.1, 0.15) is 0 Å². The fraction of sp³-hybridized carbons (Fsp3) is 0.700. The maximum atomic E-state index is 3.25. The molecule has 0 atom stereocenters. The quantitative estimate of drug-likeness (QED) is 0.307. The molecule has 0 aliphatic rings. The molecule has 0 rings (SSSR count). The van der Waals surface area contributed by atoms with Gasteiger partial charge in [-0.3, -0.25) is 0 Å². The van der Waals surface area contributed by atoms with Crippen molar-refractivity contribution in [2.24, 2.45) is 0 Å². The average molecular weight is 949 g/mol. The summed E-state index contributed by atoms with van der Waals surface area (Å²) < 4.78 is 0. The minimum atomic E-state index is 0. The van der Waals surface area contributed by atoms with Crippen LogP contribution in [0.15, 0.2) is 0 Å². The minimum Gasteiger partial charge on any atom is -0.358 e. The van der Waals surface area contributed by atoms with E-state index in [1.165, 1.54) is 0 Å². The molecule has 0 spiro atoms. The van der Waals surface area contributed by atoms with Gasteiger partial charge in [-0.2, -0.15) is 6.92 Å². The van der Waals surface area contributed by atoms with Crippen LogP contribution >= 0.6 is 0 Å². The van der Waals surface area contributed by atoms with E-state index >= 15 is 0 Å². The molecule has 0 heterocycles. The van der Waals surface area contributed by atoms with Crippen molar-refractivity contribution in [3.63, 3.8) is 0 Å². The first kappa shape index (κ1) is 116. The molecule has 0 fully saturated rings. The van der Waals surface area contributed by atoms with Crippen molar-refractivity contribution in [2.45, 2.75) is 48.5 Å². The fourth-order valence-corrected chi connectivity index (χ4v) is 0. The van der Waals surface area contributed by atoms with Crippen molar-refractivity contribution in [2.75, 3.05) is 0 Å².